The molecule has 0 unspecified atom stereocenters. The fourth-order valence-corrected chi connectivity index (χ4v) is 1.51. The van der Waals surface area contributed by atoms with Gasteiger partial charge in [0, 0.05) is 31.0 Å². The van der Waals surface area contributed by atoms with Crippen LogP contribution in [0.5, 0.6) is 0 Å². The molecule has 0 amide bonds. The van der Waals surface area contributed by atoms with E-state index in [1.165, 1.54) is 5.56 Å². The van der Waals surface area contributed by atoms with E-state index in [0.29, 0.717) is 12.1 Å². The second-order valence-corrected chi connectivity index (χ2v) is 3.82. The second-order valence-electron chi connectivity index (χ2n) is 3.82. The number of nitrogens with zero attached hydrogens (tertiary/aromatic N) is 1. The Kier molecular flexibility index (Phi) is 3.55. The van der Waals surface area contributed by atoms with E-state index in [4.69, 9.17) is 0 Å². The van der Waals surface area contributed by atoms with Crippen molar-refractivity contribution in [1.29, 1.82) is 0 Å². The molecule has 1 N–H and O–H groups in total. The minimum absolute atomic E-state index is 0.452. The van der Waals surface area contributed by atoms with Crippen molar-refractivity contribution in [3.63, 3.8) is 0 Å². The molecule has 0 radical (unpaired) electrons. The SMILES string of the molecule is CCn1ccc([C@@H](C)NC(C)C)c1. The lowest BCUT2D eigenvalue weighted by atomic mass is 10.1. The minimum Gasteiger partial charge on any atom is -0.354 e. The molecule has 0 fully saturated rings. The molecule has 2 nitrogen and oxygen atoms in total. The molecule has 0 aliphatic carbocycles. The summed E-state index contributed by atoms with van der Waals surface area (Å²) < 4.78 is 2.20. The molecule has 0 aliphatic heterocycles. The Hall–Kier alpha value is -0.760. The monoisotopic (exact) mass is 180 g/mol. The van der Waals surface area contributed by atoms with Crippen LogP contribution in [-0.2, 0) is 6.54 Å². The van der Waals surface area contributed by atoms with Gasteiger partial charge < -0.3 is 9.88 Å². The van der Waals surface area contributed by atoms with Crippen LogP contribution in [0, 0.1) is 0 Å². The van der Waals surface area contributed by atoms with Gasteiger partial charge in [0.1, 0.15) is 0 Å². The number of nitrogens with one attached hydrogen (secondary N) is 1. The van der Waals surface area contributed by atoms with E-state index in [1.807, 2.05) is 0 Å². The van der Waals surface area contributed by atoms with Crippen molar-refractivity contribution in [2.75, 3.05) is 0 Å². The third-order valence-corrected chi connectivity index (χ3v) is 2.22. The topological polar surface area (TPSA) is 17.0 Å². The molecule has 0 saturated heterocycles. The van der Waals surface area contributed by atoms with Crippen molar-refractivity contribution >= 4 is 0 Å². The molecule has 0 saturated carbocycles. The van der Waals surface area contributed by atoms with Crippen LogP contribution in [0.1, 0.15) is 39.3 Å². The maximum atomic E-state index is 3.48. The van der Waals surface area contributed by atoms with Crippen molar-refractivity contribution in [2.45, 2.75) is 46.3 Å². The summed E-state index contributed by atoms with van der Waals surface area (Å²) in [6.45, 7) is 9.76. The van der Waals surface area contributed by atoms with Crippen LogP contribution >= 0.6 is 0 Å². The van der Waals surface area contributed by atoms with E-state index >= 15 is 0 Å². The molecule has 2 heteroatoms. The first-order chi connectivity index (χ1) is 6.13. The lowest BCUT2D eigenvalue weighted by Gasteiger charge is -2.15. The third kappa shape index (κ3) is 2.88. The normalized spacial score (nSPS) is 13.6. The summed E-state index contributed by atoms with van der Waals surface area (Å²) in [5.74, 6) is 0. The zero-order valence-electron chi connectivity index (χ0n) is 9.04. The van der Waals surface area contributed by atoms with Crippen molar-refractivity contribution in [2.24, 2.45) is 0 Å². The highest BCUT2D eigenvalue weighted by molar-refractivity contribution is 5.14. The van der Waals surface area contributed by atoms with Gasteiger partial charge in [0.15, 0.2) is 0 Å². The Labute approximate surface area is 81.0 Å². The zero-order valence-corrected chi connectivity index (χ0v) is 9.04. The van der Waals surface area contributed by atoms with Gasteiger partial charge in [-0.1, -0.05) is 13.8 Å². The zero-order chi connectivity index (χ0) is 9.84. The van der Waals surface area contributed by atoms with E-state index in [1.54, 1.807) is 0 Å². The summed E-state index contributed by atoms with van der Waals surface area (Å²) >= 11 is 0. The summed E-state index contributed by atoms with van der Waals surface area (Å²) in [7, 11) is 0. The van der Waals surface area contributed by atoms with Gasteiger partial charge in [0.05, 0.1) is 0 Å². The van der Waals surface area contributed by atoms with Gasteiger partial charge >= 0.3 is 0 Å². The maximum Gasteiger partial charge on any atom is 0.0309 e. The van der Waals surface area contributed by atoms with Gasteiger partial charge in [-0.3, -0.25) is 0 Å². The maximum absolute atomic E-state index is 3.48. The Morgan fingerprint density at radius 3 is 2.54 bits per heavy atom. The fraction of sp³-hybridized carbons (Fsp3) is 0.636. The van der Waals surface area contributed by atoms with Gasteiger partial charge in [-0.05, 0) is 25.5 Å². The van der Waals surface area contributed by atoms with Gasteiger partial charge in [-0.25, -0.2) is 0 Å². The molecular formula is C11H20N2. The molecule has 0 aromatic carbocycles. The van der Waals surface area contributed by atoms with Gasteiger partial charge in [0.2, 0.25) is 0 Å². The first kappa shape index (κ1) is 10.3. The molecule has 1 atom stereocenters. The molecule has 0 spiro atoms. The first-order valence-corrected chi connectivity index (χ1v) is 5.05. The summed E-state index contributed by atoms with van der Waals surface area (Å²) in [5.41, 5.74) is 1.37. The average molecular weight is 180 g/mol. The molecule has 1 heterocycles. The Morgan fingerprint density at radius 1 is 1.38 bits per heavy atom. The number of aromatic nitrogens is 1. The Bertz CT molecular complexity index is 250. The molecular weight excluding hydrogens is 160 g/mol. The minimum atomic E-state index is 0.452. The third-order valence-electron chi connectivity index (χ3n) is 2.22. The van der Waals surface area contributed by atoms with Crippen LogP contribution < -0.4 is 5.32 Å². The van der Waals surface area contributed by atoms with E-state index in [9.17, 15) is 0 Å². The average Bonchev–Trinajstić information content (AvgIpc) is 2.50. The van der Waals surface area contributed by atoms with Crippen LogP contribution in [0.4, 0.5) is 0 Å². The van der Waals surface area contributed by atoms with Crippen molar-refractivity contribution in [3.05, 3.63) is 24.0 Å². The molecule has 0 aliphatic rings. The molecule has 13 heavy (non-hydrogen) atoms. The largest absolute Gasteiger partial charge is 0.354 e. The van der Waals surface area contributed by atoms with Crippen LogP contribution in [0.25, 0.3) is 0 Å². The van der Waals surface area contributed by atoms with Crippen LogP contribution in [0.15, 0.2) is 18.5 Å². The van der Waals surface area contributed by atoms with Crippen molar-refractivity contribution in [3.8, 4) is 0 Å². The first-order valence-electron chi connectivity index (χ1n) is 5.05. The quantitative estimate of drug-likeness (QED) is 0.753. The fourth-order valence-electron chi connectivity index (χ4n) is 1.51. The van der Waals surface area contributed by atoms with Crippen LogP contribution in [-0.4, -0.2) is 10.6 Å². The Balaban J connectivity index is 2.60. The van der Waals surface area contributed by atoms with E-state index < -0.39 is 0 Å². The van der Waals surface area contributed by atoms with Crippen LogP contribution in [0.2, 0.25) is 0 Å². The second kappa shape index (κ2) is 4.47. The number of hydrogen-bond donors (Lipinski definition) is 1. The van der Waals surface area contributed by atoms with E-state index in [-0.39, 0.29) is 0 Å². The molecule has 1 aromatic heterocycles. The summed E-state index contributed by atoms with van der Waals surface area (Å²) in [4.78, 5) is 0. The molecule has 1 aromatic rings. The lowest BCUT2D eigenvalue weighted by Crippen LogP contribution is -2.25. The van der Waals surface area contributed by atoms with Gasteiger partial charge in [-0.2, -0.15) is 0 Å². The highest BCUT2D eigenvalue weighted by Crippen LogP contribution is 2.13. The Morgan fingerprint density at radius 2 is 2.08 bits per heavy atom. The molecule has 1 rings (SSSR count). The van der Waals surface area contributed by atoms with Gasteiger partial charge in [-0.15, -0.1) is 0 Å². The van der Waals surface area contributed by atoms with E-state index in [0.717, 1.165) is 6.54 Å². The van der Waals surface area contributed by atoms with E-state index in [2.05, 4.69) is 56.0 Å². The summed E-state index contributed by atoms with van der Waals surface area (Å²) in [6, 6.07) is 3.18. The smallest absolute Gasteiger partial charge is 0.0309 e. The number of rotatable bonds is 4. The van der Waals surface area contributed by atoms with Crippen LogP contribution in [0.3, 0.4) is 0 Å². The van der Waals surface area contributed by atoms with Crippen molar-refractivity contribution in [1.82, 2.24) is 9.88 Å². The summed E-state index contributed by atoms with van der Waals surface area (Å²) in [5, 5.41) is 3.48. The van der Waals surface area contributed by atoms with Crippen molar-refractivity contribution < 1.29 is 0 Å². The standard InChI is InChI=1S/C11H20N2/c1-5-13-7-6-11(8-13)10(4)12-9(2)3/h6-10,12H,5H2,1-4H3/t10-/m1/s1. The predicted octanol–water partition coefficient (Wildman–Crippen LogP) is 2.57. The summed E-state index contributed by atoms with van der Waals surface area (Å²) in [6.07, 6.45) is 4.34. The number of hydrogen-bond acceptors (Lipinski definition) is 1. The highest BCUT2D eigenvalue weighted by atomic mass is 15.0. The molecule has 0 bridgehead atoms. The van der Waals surface area contributed by atoms with Gasteiger partial charge in [0.25, 0.3) is 0 Å². The number of aryl methyl sites for hydroxylation is 1. The molecule has 74 valence electrons. The predicted molar refractivity (Wildman–Crippen MR) is 56.8 cm³/mol. The highest BCUT2D eigenvalue weighted by Gasteiger charge is 2.06. The lowest BCUT2D eigenvalue weighted by molar-refractivity contribution is 0.505.